The van der Waals surface area contributed by atoms with Crippen molar-refractivity contribution in [1.29, 1.82) is 0 Å². The number of nitrogens with zero attached hydrogens (tertiary/aromatic N) is 1. The van der Waals surface area contributed by atoms with E-state index in [4.69, 9.17) is 16.3 Å². The van der Waals surface area contributed by atoms with Crippen LogP contribution in [-0.2, 0) is 17.7 Å². The van der Waals surface area contributed by atoms with E-state index in [-0.39, 0.29) is 5.41 Å². The van der Waals surface area contributed by atoms with Gasteiger partial charge in [0.05, 0.1) is 11.6 Å². The lowest BCUT2D eigenvalue weighted by atomic mass is 9.85. The lowest BCUT2D eigenvalue weighted by Gasteiger charge is -2.23. The van der Waals surface area contributed by atoms with Gasteiger partial charge >= 0.3 is 0 Å². The summed E-state index contributed by atoms with van der Waals surface area (Å²) in [5.74, 6) is 2.06. The molecular formula is C18H22ClNO. The van der Waals surface area contributed by atoms with Crippen LogP contribution in [0.2, 0.25) is 0 Å². The fourth-order valence-electron chi connectivity index (χ4n) is 2.19. The molecule has 1 heterocycles. The SMILES string of the molecule is CCc1ccc(Oc2ccnc(CCl)c2)c(C(C)(C)C)c1. The Balaban J connectivity index is 2.39. The largest absolute Gasteiger partial charge is 0.457 e. The molecule has 0 aliphatic carbocycles. The van der Waals surface area contributed by atoms with Gasteiger partial charge in [-0.2, -0.15) is 0 Å². The zero-order valence-electron chi connectivity index (χ0n) is 13.1. The number of halogens is 1. The van der Waals surface area contributed by atoms with E-state index in [9.17, 15) is 0 Å². The first-order chi connectivity index (χ1) is 9.94. The van der Waals surface area contributed by atoms with Crippen LogP contribution in [0.1, 0.15) is 44.5 Å². The van der Waals surface area contributed by atoms with Gasteiger partial charge in [-0.1, -0.05) is 39.8 Å². The van der Waals surface area contributed by atoms with Crippen molar-refractivity contribution >= 4 is 11.6 Å². The van der Waals surface area contributed by atoms with E-state index in [1.165, 1.54) is 11.1 Å². The van der Waals surface area contributed by atoms with Crippen LogP contribution in [0.25, 0.3) is 0 Å². The summed E-state index contributed by atoms with van der Waals surface area (Å²) < 4.78 is 6.08. The van der Waals surface area contributed by atoms with Crippen molar-refractivity contribution < 1.29 is 4.74 Å². The van der Waals surface area contributed by atoms with Gasteiger partial charge in [-0.05, 0) is 29.5 Å². The van der Waals surface area contributed by atoms with Gasteiger partial charge in [-0.25, -0.2) is 0 Å². The number of aryl methyl sites for hydroxylation is 1. The first kappa shape index (κ1) is 15.8. The number of aromatic nitrogens is 1. The van der Waals surface area contributed by atoms with Gasteiger partial charge in [0.25, 0.3) is 0 Å². The molecule has 112 valence electrons. The molecule has 1 aromatic carbocycles. The Morgan fingerprint density at radius 2 is 1.90 bits per heavy atom. The van der Waals surface area contributed by atoms with Crippen molar-refractivity contribution in [3.05, 3.63) is 53.3 Å². The summed E-state index contributed by atoms with van der Waals surface area (Å²) in [7, 11) is 0. The van der Waals surface area contributed by atoms with E-state index in [0.29, 0.717) is 5.88 Å². The summed E-state index contributed by atoms with van der Waals surface area (Å²) in [6.45, 7) is 8.76. The maximum atomic E-state index is 6.08. The fourth-order valence-corrected chi connectivity index (χ4v) is 2.34. The molecule has 2 rings (SSSR count). The molecule has 0 aliphatic rings. The van der Waals surface area contributed by atoms with E-state index in [1.807, 2.05) is 12.1 Å². The highest BCUT2D eigenvalue weighted by atomic mass is 35.5. The minimum atomic E-state index is 0.0306. The number of benzene rings is 1. The number of hydrogen-bond acceptors (Lipinski definition) is 2. The summed E-state index contributed by atoms with van der Waals surface area (Å²) in [4.78, 5) is 4.19. The summed E-state index contributed by atoms with van der Waals surface area (Å²) in [5, 5.41) is 0. The predicted molar refractivity (Wildman–Crippen MR) is 88.4 cm³/mol. The molecule has 0 unspecified atom stereocenters. The number of hydrogen-bond donors (Lipinski definition) is 0. The highest BCUT2D eigenvalue weighted by molar-refractivity contribution is 6.16. The van der Waals surface area contributed by atoms with E-state index in [2.05, 4.69) is 50.9 Å². The van der Waals surface area contributed by atoms with Crippen LogP contribution in [-0.4, -0.2) is 4.98 Å². The molecule has 1 aromatic heterocycles. The second-order valence-electron chi connectivity index (χ2n) is 6.15. The fraction of sp³-hybridized carbons (Fsp3) is 0.389. The Hall–Kier alpha value is -1.54. The summed E-state index contributed by atoms with van der Waals surface area (Å²) >= 11 is 5.83. The standard InChI is InChI=1S/C18H22ClNO/c1-5-13-6-7-17(16(10-13)18(2,3)4)21-15-8-9-20-14(11-15)12-19/h6-11H,5,12H2,1-4H3. The Bertz CT molecular complexity index is 617. The van der Waals surface area contributed by atoms with Gasteiger partial charge in [0, 0.05) is 17.8 Å². The van der Waals surface area contributed by atoms with Crippen LogP contribution in [0.3, 0.4) is 0 Å². The van der Waals surface area contributed by atoms with E-state index >= 15 is 0 Å². The monoisotopic (exact) mass is 303 g/mol. The molecule has 0 amide bonds. The van der Waals surface area contributed by atoms with E-state index < -0.39 is 0 Å². The smallest absolute Gasteiger partial charge is 0.131 e. The Morgan fingerprint density at radius 3 is 2.52 bits per heavy atom. The van der Waals surface area contributed by atoms with Crippen LogP contribution >= 0.6 is 11.6 Å². The van der Waals surface area contributed by atoms with Crippen LogP contribution in [0.5, 0.6) is 11.5 Å². The third-order valence-corrected chi connectivity index (χ3v) is 3.69. The Morgan fingerprint density at radius 1 is 1.14 bits per heavy atom. The average Bonchev–Trinajstić information content (AvgIpc) is 2.46. The summed E-state index contributed by atoms with van der Waals surface area (Å²) in [6.07, 6.45) is 2.75. The molecule has 0 bridgehead atoms. The zero-order valence-corrected chi connectivity index (χ0v) is 13.9. The molecule has 0 spiro atoms. The lowest BCUT2D eigenvalue weighted by molar-refractivity contribution is 0.454. The molecule has 0 saturated heterocycles. The second kappa shape index (κ2) is 6.48. The first-order valence-electron chi connectivity index (χ1n) is 7.26. The van der Waals surface area contributed by atoms with Crippen molar-refractivity contribution in [1.82, 2.24) is 4.98 Å². The number of alkyl halides is 1. The van der Waals surface area contributed by atoms with Gasteiger partial charge in [0.1, 0.15) is 11.5 Å². The molecule has 3 heteroatoms. The van der Waals surface area contributed by atoms with Crippen molar-refractivity contribution in [3.63, 3.8) is 0 Å². The Kier molecular flexibility index (Phi) is 4.89. The number of rotatable bonds is 4. The van der Waals surface area contributed by atoms with Crippen LogP contribution in [0, 0.1) is 0 Å². The molecule has 0 atom stereocenters. The summed E-state index contributed by atoms with van der Waals surface area (Å²) in [6, 6.07) is 10.1. The summed E-state index contributed by atoms with van der Waals surface area (Å²) in [5.41, 5.74) is 3.38. The van der Waals surface area contributed by atoms with Crippen molar-refractivity contribution in [2.75, 3.05) is 0 Å². The predicted octanol–water partition coefficient (Wildman–Crippen LogP) is 5.47. The molecule has 0 radical (unpaired) electrons. The average molecular weight is 304 g/mol. The van der Waals surface area contributed by atoms with Gasteiger partial charge in [-0.15, -0.1) is 11.6 Å². The highest BCUT2D eigenvalue weighted by Crippen LogP contribution is 2.35. The molecule has 2 aromatic rings. The van der Waals surface area contributed by atoms with Gasteiger partial charge in [0.2, 0.25) is 0 Å². The highest BCUT2D eigenvalue weighted by Gasteiger charge is 2.20. The van der Waals surface area contributed by atoms with Crippen LogP contribution in [0.15, 0.2) is 36.5 Å². The third-order valence-electron chi connectivity index (χ3n) is 3.41. The molecule has 0 aliphatic heterocycles. The maximum absolute atomic E-state index is 6.08. The van der Waals surface area contributed by atoms with E-state index in [0.717, 1.165) is 23.6 Å². The van der Waals surface area contributed by atoms with Gasteiger partial charge in [0.15, 0.2) is 0 Å². The quantitative estimate of drug-likeness (QED) is 0.698. The lowest BCUT2D eigenvalue weighted by Crippen LogP contribution is -2.13. The second-order valence-corrected chi connectivity index (χ2v) is 6.42. The number of pyridine rings is 1. The van der Waals surface area contributed by atoms with Crippen molar-refractivity contribution in [3.8, 4) is 11.5 Å². The van der Waals surface area contributed by atoms with Gasteiger partial charge in [-0.3, -0.25) is 4.98 Å². The zero-order chi connectivity index (χ0) is 15.5. The third kappa shape index (κ3) is 3.98. The van der Waals surface area contributed by atoms with Crippen molar-refractivity contribution in [2.24, 2.45) is 0 Å². The molecule has 0 saturated carbocycles. The molecule has 0 N–H and O–H groups in total. The molecule has 21 heavy (non-hydrogen) atoms. The van der Waals surface area contributed by atoms with Crippen LogP contribution < -0.4 is 4.74 Å². The number of ether oxygens (including phenoxy) is 1. The normalized spacial score (nSPS) is 11.5. The van der Waals surface area contributed by atoms with Crippen LogP contribution in [0.4, 0.5) is 0 Å². The molecule has 2 nitrogen and oxygen atoms in total. The van der Waals surface area contributed by atoms with Crippen molar-refractivity contribution in [2.45, 2.75) is 45.4 Å². The first-order valence-corrected chi connectivity index (χ1v) is 7.79. The van der Waals surface area contributed by atoms with E-state index in [1.54, 1.807) is 6.20 Å². The maximum Gasteiger partial charge on any atom is 0.131 e. The minimum absolute atomic E-state index is 0.0306. The Labute approximate surface area is 132 Å². The molecule has 0 fully saturated rings. The molecular weight excluding hydrogens is 282 g/mol. The minimum Gasteiger partial charge on any atom is -0.457 e. The van der Waals surface area contributed by atoms with Gasteiger partial charge < -0.3 is 4.74 Å². The topological polar surface area (TPSA) is 22.1 Å².